The largest absolute Gasteiger partial charge is 0.495 e. The van der Waals surface area contributed by atoms with E-state index in [9.17, 15) is 9.59 Å². The van der Waals surface area contributed by atoms with Crippen LogP contribution in [0.2, 0.25) is 0 Å². The number of hydrogen-bond donors (Lipinski definition) is 2. The first kappa shape index (κ1) is 21.9. The quantitative estimate of drug-likeness (QED) is 0.740. The van der Waals surface area contributed by atoms with Crippen LogP contribution >= 0.6 is 0 Å². The highest BCUT2D eigenvalue weighted by molar-refractivity contribution is 6.01. The van der Waals surface area contributed by atoms with Gasteiger partial charge >= 0.3 is 0 Å². The zero-order valence-electron chi connectivity index (χ0n) is 19.2. The van der Waals surface area contributed by atoms with Gasteiger partial charge < -0.3 is 25.2 Å². The molecule has 2 aromatic rings. The van der Waals surface area contributed by atoms with Crippen molar-refractivity contribution in [3.8, 4) is 5.75 Å². The average Bonchev–Trinajstić information content (AvgIpc) is 2.81. The SMILES string of the molecule is CNC(=O)c1ccc(Nc2ncc3c(n2)N(C2CCC2)CC(C)(C)C(=O)N3C)c(OC)c1. The number of rotatable bonds is 5. The molecule has 0 radical (unpaired) electrons. The van der Waals surface area contributed by atoms with Gasteiger partial charge in [0.25, 0.3) is 5.91 Å². The summed E-state index contributed by atoms with van der Waals surface area (Å²) in [6.45, 7) is 4.57. The first-order valence-electron chi connectivity index (χ1n) is 10.8. The number of aromatic nitrogens is 2. The minimum absolute atomic E-state index is 0.0522. The maximum atomic E-state index is 13.1. The van der Waals surface area contributed by atoms with E-state index in [1.165, 1.54) is 6.42 Å². The molecule has 1 aliphatic heterocycles. The predicted molar refractivity (Wildman–Crippen MR) is 124 cm³/mol. The van der Waals surface area contributed by atoms with E-state index in [2.05, 4.69) is 20.5 Å². The van der Waals surface area contributed by atoms with E-state index < -0.39 is 5.41 Å². The van der Waals surface area contributed by atoms with Gasteiger partial charge in [0.05, 0.1) is 24.4 Å². The lowest BCUT2D eigenvalue weighted by molar-refractivity contribution is -0.125. The number of fused-ring (bicyclic) bond motifs is 1. The van der Waals surface area contributed by atoms with Crippen LogP contribution in [0.4, 0.5) is 23.1 Å². The Morgan fingerprint density at radius 3 is 2.66 bits per heavy atom. The summed E-state index contributed by atoms with van der Waals surface area (Å²) in [5.41, 5.74) is 1.32. The fourth-order valence-corrected chi connectivity index (χ4v) is 4.21. The van der Waals surface area contributed by atoms with Crippen molar-refractivity contribution in [1.29, 1.82) is 0 Å². The first-order chi connectivity index (χ1) is 15.2. The van der Waals surface area contributed by atoms with E-state index in [4.69, 9.17) is 9.72 Å². The fraction of sp³-hybridized carbons (Fsp3) is 0.478. The molecule has 170 valence electrons. The second kappa shape index (κ2) is 8.29. The van der Waals surface area contributed by atoms with Crippen LogP contribution in [0, 0.1) is 5.41 Å². The Balaban J connectivity index is 1.71. The van der Waals surface area contributed by atoms with Gasteiger partial charge in [0.1, 0.15) is 11.4 Å². The topological polar surface area (TPSA) is 99.7 Å². The van der Waals surface area contributed by atoms with Gasteiger partial charge in [0.2, 0.25) is 11.9 Å². The zero-order chi connectivity index (χ0) is 23.0. The van der Waals surface area contributed by atoms with Crippen molar-refractivity contribution in [3.63, 3.8) is 0 Å². The Hall–Kier alpha value is -3.36. The van der Waals surface area contributed by atoms with E-state index in [0.717, 1.165) is 18.7 Å². The van der Waals surface area contributed by atoms with Crippen molar-refractivity contribution in [2.75, 3.05) is 42.9 Å². The van der Waals surface area contributed by atoms with Crippen LogP contribution in [-0.4, -0.2) is 55.6 Å². The number of carbonyl (C=O) groups excluding carboxylic acids is 2. The molecule has 9 heteroatoms. The highest BCUT2D eigenvalue weighted by Gasteiger charge is 2.42. The van der Waals surface area contributed by atoms with Crippen LogP contribution in [0.15, 0.2) is 24.4 Å². The van der Waals surface area contributed by atoms with E-state index in [1.807, 2.05) is 13.8 Å². The minimum Gasteiger partial charge on any atom is -0.495 e. The van der Waals surface area contributed by atoms with Crippen LogP contribution in [-0.2, 0) is 4.79 Å². The molecule has 2 aliphatic rings. The molecule has 32 heavy (non-hydrogen) atoms. The van der Waals surface area contributed by atoms with Crippen LogP contribution in [0.1, 0.15) is 43.5 Å². The molecule has 1 saturated carbocycles. The zero-order valence-corrected chi connectivity index (χ0v) is 19.2. The smallest absolute Gasteiger partial charge is 0.251 e. The van der Waals surface area contributed by atoms with Crippen molar-refractivity contribution >= 4 is 35.0 Å². The van der Waals surface area contributed by atoms with Crippen molar-refractivity contribution < 1.29 is 14.3 Å². The third-order valence-electron chi connectivity index (χ3n) is 6.29. The van der Waals surface area contributed by atoms with Crippen molar-refractivity contribution in [3.05, 3.63) is 30.0 Å². The Bertz CT molecular complexity index is 1050. The molecule has 2 heterocycles. The number of anilines is 4. The molecule has 2 N–H and O–H groups in total. The summed E-state index contributed by atoms with van der Waals surface area (Å²) < 4.78 is 5.47. The normalized spacial score (nSPS) is 17.8. The van der Waals surface area contributed by atoms with Crippen molar-refractivity contribution in [1.82, 2.24) is 15.3 Å². The number of hydrogen-bond acceptors (Lipinski definition) is 7. The van der Waals surface area contributed by atoms with E-state index >= 15 is 0 Å². The van der Waals surface area contributed by atoms with Crippen molar-refractivity contribution in [2.24, 2.45) is 5.41 Å². The molecule has 0 saturated heterocycles. The summed E-state index contributed by atoms with van der Waals surface area (Å²) in [6.07, 6.45) is 5.07. The molecule has 1 aromatic heterocycles. The van der Waals surface area contributed by atoms with Crippen LogP contribution in [0.3, 0.4) is 0 Å². The number of methoxy groups -OCH3 is 1. The molecule has 9 nitrogen and oxygen atoms in total. The lowest BCUT2D eigenvalue weighted by Crippen LogP contribution is -2.48. The monoisotopic (exact) mass is 438 g/mol. The lowest BCUT2D eigenvalue weighted by Gasteiger charge is -2.40. The Morgan fingerprint density at radius 1 is 1.28 bits per heavy atom. The molecule has 0 atom stereocenters. The summed E-state index contributed by atoms with van der Waals surface area (Å²) in [6, 6.07) is 5.51. The number of nitrogens with zero attached hydrogens (tertiary/aromatic N) is 4. The average molecular weight is 439 g/mol. The molecular weight excluding hydrogens is 408 g/mol. The lowest BCUT2D eigenvalue weighted by atomic mass is 9.87. The maximum Gasteiger partial charge on any atom is 0.251 e. The second-order valence-corrected chi connectivity index (χ2v) is 8.98. The van der Waals surface area contributed by atoms with Gasteiger partial charge in [-0.1, -0.05) is 0 Å². The molecule has 0 unspecified atom stereocenters. The van der Waals surface area contributed by atoms with Crippen LogP contribution in [0.25, 0.3) is 0 Å². The molecule has 1 aliphatic carbocycles. The summed E-state index contributed by atoms with van der Waals surface area (Å²) >= 11 is 0. The highest BCUT2D eigenvalue weighted by Crippen LogP contribution is 2.41. The number of amides is 2. The van der Waals surface area contributed by atoms with Gasteiger partial charge in [-0.3, -0.25) is 9.59 Å². The predicted octanol–water partition coefficient (Wildman–Crippen LogP) is 2.95. The Morgan fingerprint density at radius 2 is 2.03 bits per heavy atom. The maximum absolute atomic E-state index is 13.1. The molecule has 1 aromatic carbocycles. The number of carbonyl (C=O) groups is 2. The second-order valence-electron chi connectivity index (χ2n) is 8.98. The standard InChI is InChI=1S/C23H30N6O3/c1-23(2)13-29(15-7-6-8-15)19-17(28(4)21(23)31)12-25-22(27-19)26-16-10-9-14(20(30)24-3)11-18(16)32-5/h9-12,15H,6-8,13H2,1-5H3,(H,24,30)(H,25,26,27). The summed E-state index contributed by atoms with van der Waals surface area (Å²) in [7, 11) is 4.92. The highest BCUT2D eigenvalue weighted by atomic mass is 16.5. The molecule has 0 spiro atoms. The van der Waals surface area contributed by atoms with Gasteiger partial charge in [0.15, 0.2) is 5.82 Å². The molecule has 4 rings (SSSR count). The third kappa shape index (κ3) is 3.83. The van der Waals surface area contributed by atoms with Crippen LogP contribution in [0.5, 0.6) is 5.75 Å². The Labute approximate surface area is 188 Å². The van der Waals surface area contributed by atoms with E-state index in [0.29, 0.717) is 41.2 Å². The fourth-order valence-electron chi connectivity index (χ4n) is 4.21. The Kier molecular flexibility index (Phi) is 5.66. The van der Waals surface area contributed by atoms with E-state index in [-0.39, 0.29) is 11.8 Å². The van der Waals surface area contributed by atoms with E-state index in [1.54, 1.807) is 50.5 Å². The van der Waals surface area contributed by atoms with Gasteiger partial charge in [-0.2, -0.15) is 4.98 Å². The number of benzene rings is 1. The third-order valence-corrected chi connectivity index (χ3v) is 6.29. The van der Waals surface area contributed by atoms with Gasteiger partial charge in [-0.15, -0.1) is 0 Å². The summed E-state index contributed by atoms with van der Waals surface area (Å²) in [5, 5.41) is 5.82. The number of ether oxygens (including phenoxy) is 1. The number of nitrogens with one attached hydrogen (secondary N) is 2. The van der Waals surface area contributed by atoms with Crippen LogP contribution < -0.4 is 25.2 Å². The summed E-state index contributed by atoms with van der Waals surface area (Å²) in [5.74, 6) is 1.53. The molecule has 2 amide bonds. The van der Waals surface area contributed by atoms with Gasteiger partial charge in [-0.25, -0.2) is 4.98 Å². The van der Waals surface area contributed by atoms with Crippen molar-refractivity contribution in [2.45, 2.75) is 39.2 Å². The molecular formula is C23H30N6O3. The summed E-state index contributed by atoms with van der Waals surface area (Å²) in [4.78, 5) is 38.2. The minimum atomic E-state index is -0.530. The molecule has 1 fully saturated rings. The van der Waals surface area contributed by atoms with Gasteiger partial charge in [-0.05, 0) is 51.3 Å². The van der Waals surface area contributed by atoms with Gasteiger partial charge in [0, 0.05) is 32.2 Å². The molecule has 0 bridgehead atoms. The first-order valence-corrected chi connectivity index (χ1v) is 10.8.